The van der Waals surface area contributed by atoms with Gasteiger partial charge in [-0.3, -0.25) is 0 Å². The fourth-order valence-corrected chi connectivity index (χ4v) is 2.75. The van der Waals surface area contributed by atoms with Gasteiger partial charge in [-0.15, -0.1) is 0 Å². The SMILES string of the molecule is CCOc1c(C=CCO)cccc1C1CCCC1. The maximum Gasteiger partial charge on any atom is 0.129 e. The van der Waals surface area contributed by atoms with E-state index in [0.29, 0.717) is 12.5 Å². The molecule has 0 amide bonds. The molecule has 1 aromatic rings. The van der Waals surface area contributed by atoms with Gasteiger partial charge in [-0.1, -0.05) is 43.2 Å². The zero-order chi connectivity index (χ0) is 12.8. The first-order valence-electron chi connectivity index (χ1n) is 6.90. The fraction of sp³-hybridized carbons (Fsp3) is 0.500. The third-order valence-corrected chi connectivity index (χ3v) is 3.56. The summed E-state index contributed by atoms with van der Waals surface area (Å²) >= 11 is 0. The Morgan fingerprint density at radius 2 is 2.11 bits per heavy atom. The Morgan fingerprint density at radius 3 is 2.78 bits per heavy atom. The Morgan fingerprint density at radius 1 is 1.33 bits per heavy atom. The Bertz CT molecular complexity index is 404. The molecule has 0 radical (unpaired) electrons. The normalized spacial score (nSPS) is 16.6. The van der Waals surface area contributed by atoms with E-state index >= 15 is 0 Å². The summed E-state index contributed by atoms with van der Waals surface area (Å²) in [4.78, 5) is 0. The van der Waals surface area contributed by atoms with Gasteiger partial charge in [-0.2, -0.15) is 0 Å². The molecule has 0 unspecified atom stereocenters. The summed E-state index contributed by atoms with van der Waals surface area (Å²) in [6, 6.07) is 6.33. The van der Waals surface area contributed by atoms with Crippen LogP contribution in [0.3, 0.4) is 0 Å². The summed E-state index contributed by atoms with van der Waals surface area (Å²) in [6.45, 7) is 2.77. The van der Waals surface area contributed by atoms with E-state index < -0.39 is 0 Å². The van der Waals surface area contributed by atoms with Crippen LogP contribution < -0.4 is 4.74 Å². The second-order valence-electron chi connectivity index (χ2n) is 4.76. The largest absolute Gasteiger partial charge is 0.493 e. The van der Waals surface area contributed by atoms with Crippen LogP contribution in [0, 0.1) is 0 Å². The lowest BCUT2D eigenvalue weighted by Crippen LogP contribution is -2.02. The van der Waals surface area contributed by atoms with E-state index in [2.05, 4.69) is 18.2 Å². The Hall–Kier alpha value is -1.28. The number of para-hydroxylation sites is 1. The molecule has 1 aliphatic carbocycles. The van der Waals surface area contributed by atoms with E-state index in [9.17, 15) is 0 Å². The van der Waals surface area contributed by atoms with Gasteiger partial charge < -0.3 is 9.84 Å². The summed E-state index contributed by atoms with van der Waals surface area (Å²) in [5, 5.41) is 8.90. The highest BCUT2D eigenvalue weighted by Gasteiger charge is 2.21. The predicted molar refractivity (Wildman–Crippen MR) is 74.9 cm³/mol. The third-order valence-electron chi connectivity index (χ3n) is 3.56. The lowest BCUT2D eigenvalue weighted by molar-refractivity contribution is 0.333. The quantitative estimate of drug-likeness (QED) is 0.857. The molecule has 0 spiro atoms. The van der Waals surface area contributed by atoms with Crippen molar-refractivity contribution in [2.24, 2.45) is 0 Å². The highest BCUT2D eigenvalue weighted by atomic mass is 16.5. The standard InChI is InChI=1S/C16H22O2/c1-2-18-16-14(10-6-12-17)9-5-11-15(16)13-7-3-4-8-13/h5-6,9-11,13,17H,2-4,7-8,12H2,1H3. The number of ether oxygens (including phenoxy) is 1. The highest BCUT2D eigenvalue weighted by Crippen LogP contribution is 2.40. The maximum atomic E-state index is 8.90. The maximum absolute atomic E-state index is 8.90. The Balaban J connectivity index is 2.34. The van der Waals surface area contributed by atoms with Crippen molar-refractivity contribution in [1.82, 2.24) is 0 Å². The first-order valence-corrected chi connectivity index (χ1v) is 6.90. The molecule has 0 heterocycles. The third kappa shape index (κ3) is 2.94. The van der Waals surface area contributed by atoms with Crippen molar-refractivity contribution >= 4 is 6.08 Å². The van der Waals surface area contributed by atoms with E-state index in [4.69, 9.17) is 9.84 Å². The van der Waals surface area contributed by atoms with Crippen molar-refractivity contribution in [2.45, 2.75) is 38.5 Å². The van der Waals surface area contributed by atoms with Crippen molar-refractivity contribution in [3.8, 4) is 5.75 Å². The van der Waals surface area contributed by atoms with Crippen LogP contribution in [0.2, 0.25) is 0 Å². The van der Waals surface area contributed by atoms with Gasteiger partial charge in [0.25, 0.3) is 0 Å². The molecule has 0 aromatic heterocycles. The molecule has 2 heteroatoms. The number of aliphatic hydroxyl groups excluding tert-OH is 1. The smallest absolute Gasteiger partial charge is 0.129 e. The Kier molecular flexibility index (Phi) is 4.82. The summed E-state index contributed by atoms with van der Waals surface area (Å²) in [5.74, 6) is 1.66. The van der Waals surface area contributed by atoms with Crippen molar-refractivity contribution in [2.75, 3.05) is 13.2 Å². The number of hydrogen-bond acceptors (Lipinski definition) is 2. The second kappa shape index (κ2) is 6.60. The van der Waals surface area contributed by atoms with Gasteiger partial charge in [0.05, 0.1) is 13.2 Å². The summed E-state index contributed by atoms with van der Waals surface area (Å²) in [6.07, 6.45) is 8.90. The number of benzene rings is 1. The molecule has 1 saturated carbocycles. The number of aliphatic hydroxyl groups is 1. The molecule has 1 aromatic carbocycles. The zero-order valence-corrected chi connectivity index (χ0v) is 11.1. The second-order valence-corrected chi connectivity index (χ2v) is 4.76. The average Bonchev–Trinajstić information content (AvgIpc) is 2.91. The lowest BCUT2D eigenvalue weighted by Gasteiger charge is -2.17. The van der Waals surface area contributed by atoms with Crippen molar-refractivity contribution < 1.29 is 9.84 Å². The van der Waals surface area contributed by atoms with Crippen molar-refractivity contribution in [3.63, 3.8) is 0 Å². The minimum absolute atomic E-state index is 0.0687. The van der Waals surface area contributed by atoms with Crippen LogP contribution >= 0.6 is 0 Å². The molecule has 0 saturated heterocycles. The molecular formula is C16H22O2. The van der Waals surface area contributed by atoms with Gasteiger partial charge in [0.2, 0.25) is 0 Å². The van der Waals surface area contributed by atoms with E-state index in [0.717, 1.165) is 11.3 Å². The van der Waals surface area contributed by atoms with Gasteiger partial charge in [0, 0.05) is 5.56 Å². The van der Waals surface area contributed by atoms with Gasteiger partial charge in [0.1, 0.15) is 5.75 Å². The van der Waals surface area contributed by atoms with Crippen LogP contribution in [-0.4, -0.2) is 18.3 Å². The van der Waals surface area contributed by atoms with Crippen LogP contribution in [0.1, 0.15) is 49.7 Å². The van der Waals surface area contributed by atoms with Gasteiger partial charge in [-0.25, -0.2) is 0 Å². The minimum Gasteiger partial charge on any atom is -0.493 e. The molecule has 0 atom stereocenters. The Labute approximate surface area is 109 Å². The zero-order valence-electron chi connectivity index (χ0n) is 11.1. The van der Waals surface area contributed by atoms with Gasteiger partial charge >= 0.3 is 0 Å². The molecule has 0 bridgehead atoms. The van der Waals surface area contributed by atoms with E-state index in [1.54, 1.807) is 6.08 Å². The van der Waals surface area contributed by atoms with E-state index in [1.165, 1.54) is 31.2 Å². The van der Waals surface area contributed by atoms with Gasteiger partial charge in [-0.05, 0) is 31.2 Å². The molecule has 1 fully saturated rings. The molecule has 18 heavy (non-hydrogen) atoms. The van der Waals surface area contributed by atoms with Crippen molar-refractivity contribution in [1.29, 1.82) is 0 Å². The lowest BCUT2D eigenvalue weighted by atomic mass is 9.94. The van der Waals surface area contributed by atoms with Crippen LogP contribution in [0.5, 0.6) is 5.75 Å². The van der Waals surface area contributed by atoms with E-state index in [1.807, 2.05) is 13.0 Å². The van der Waals surface area contributed by atoms with Gasteiger partial charge in [0.15, 0.2) is 0 Å². The number of hydrogen-bond donors (Lipinski definition) is 1. The van der Waals surface area contributed by atoms with Crippen LogP contribution in [0.4, 0.5) is 0 Å². The molecular weight excluding hydrogens is 224 g/mol. The van der Waals surface area contributed by atoms with Crippen molar-refractivity contribution in [3.05, 3.63) is 35.4 Å². The molecule has 1 N–H and O–H groups in total. The fourth-order valence-electron chi connectivity index (χ4n) is 2.75. The summed E-state index contributed by atoms with van der Waals surface area (Å²) in [5.41, 5.74) is 2.42. The molecule has 1 aliphatic rings. The first kappa shape index (κ1) is 13.2. The monoisotopic (exact) mass is 246 g/mol. The number of rotatable bonds is 5. The predicted octanol–water partition coefficient (Wildman–Crippen LogP) is 3.75. The average molecular weight is 246 g/mol. The summed E-state index contributed by atoms with van der Waals surface area (Å²) in [7, 11) is 0. The minimum atomic E-state index is 0.0687. The van der Waals surface area contributed by atoms with E-state index in [-0.39, 0.29) is 6.61 Å². The van der Waals surface area contributed by atoms with Crippen LogP contribution in [-0.2, 0) is 0 Å². The molecule has 0 aliphatic heterocycles. The summed E-state index contributed by atoms with van der Waals surface area (Å²) < 4.78 is 5.84. The van der Waals surface area contributed by atoms with Crippen LogP contribution in [0.25, 0.3) is 6.08 Å². The van der Waals surface area contributed by atoms with Crippen LogP contribution in [0.15, 0.2) is 24.3 Å². The topological polar surface area (TPSA) is 29.5 Å². The molecule has 98 valence electrons. The molecule has 2 rings (SSSR count). The highest BCUT2D eigenvalue weighted by molar-refractivity contribution is 5.60. The first-order chi connectivity index (χ1) is 8.86. The molecule has 2 nitrogen and oxygen atoms in total.